The van der Waals surface area contributed by atoms with Gasteiger partial charge in [0.05, 0.1) is 24.0 Å². The normalized spacial score (nSPS) is 10.5. The Labute approximate surface area is 168 Å². The molecule has 0 aliphatic rings. The molecular weight excluding hydrogens is 365 g/mol. The first-order valence-corrected chi connectivity index (χ1v) is 9.18. The van der Waals surface area contributed by atoms with Gasteiger partial charge in [0.25, 0.3) is 0 Å². The zero-order valence-electron chi connectivity index (χ0n) is 15.5. The van der Waals surface area contributed by atoms with E-state index in [1.165, 1.54) is 12.1 Å². The van der Waals surface area contributed by atoms with Gasteiger partial charge in [-0.2, -0.15) is 0 Å². The van der Waals surface area contributed by atoms with E-state index in [0.29, 0.717) is 16.9 Å². The van der Waals surface area contributed by atoms with Crippen molar-refractivity contribution in [1.29, 1.82) is 0 Å². The lowest BCUT2D eigenvalue weighted by Gasteiger charge is -2.07. The first-order valence-electron chi connectivity index (χ1n) is 9.18. The zero-order chi connectivity index (χ0) is 20.1. The molecular formula is C24H18FN3O. The topological polar surface area (TPSA) is 54.9 Å². The smallest absolute Gasteiger partial charge is 0.228 e. The van der Waals surface area contributed by atoms with Crippen molar-refractivity contribution in [1.82, 2.24) is 9.97 Å². The molecule has 4 aromatic rings. The highest BCUT2D eigenvalue weighted by atomic mass is 19.1. The number of benzene rings is 2. The maximum absolute atomic E-state index is 13.3. The molecule has 4 nitrogen and oxygen atoms in total. The van der Waals surface area contributed by atoms with Crippen LogP contribution in [0.3, 0.4) is 0 Å². The van der Waals surface area contributed by atoms with E-state index in [1.807, 2.05) is 36.4 Å². The quantitative estimate of drug-likeness (QED) is 0.520. The fraction of sp³-hybridized carbons (Fsp3) is 0.0417. The van der Waals surface area contributed by atoms with Crippen molar-refractivity contribution < 1.29 is 9.18 Å². The molecule has 0 unspecified atom stereocenters. The van der Waals surface area contributed by atoms with Crippen LogP contribution in [-0.2, 0) is 11.2 Å². The van der Waals surface area contributed by atoms with Gasteiger partial charge in [0, 0.05) is 18.0 Å². The number of pyridine rings is 2. The van der Waals surface area contributed by atoms with Gasteiger partial charge in [-0.25, -0.2) is 4.39 Å². The van der Waals surface area contributed by atoms with Crippen molar-refractivity contribution in [3.63, 3.8) is 0 Å². The summed E-state index contributed by atoms with van der Waals surface area (Å²) in [5, 5.41) is 2.84. The average Bonchev–Trinajstić information content (AvgIpc) is 2.75. The molecule has 2 aromatic heterocycles. The lowest BCUT2D eigenvalue weighted by molar-refractivity contribution is -0.115. The number of halogens is 1. The van der Waals surface area contributed by atoms with Gasteiger partial charge >= 0.3 is 0 Å². The highest BCUT2D eigenvalue weighted by Gasteiger charge is 2.07. The molecule has 29 heavy (non-hydrogen) atoms. The SMILES string of the molecule is O=C(Cc1ccc(-c2ccncc2)cc1)Nc1ccc(-c2cccc(F)c2)nc1. The molecule has 4 rings (SSSR count). The van der Waals surface area contributed by atoms with Crippen molar-refractivity contribution in [3.05, 3.63) is 103 Å². The van der Waals surface area contributed by atoms with Gasteiger partial charge in [-0.3, -0.25) is 14.8 Å². The molecule has 0 aliphatic heterocycles. The van der Waals surface area contributed by atoms with E-state index in [2.05, 4.69) is 15.3 Å². The summed E-state index contributed by atoms with van der Waals surface area (Å²) in [5.74, 6) is -0.432. The Kier molecular flexibility index (Phi) is 5.38. The summed E-state index contributed by atoms with van der Waals surface area (Å²) in [6.07, 6.45) is 5.35. The standard InChI is InChI=1S/C24H18FN3O/c25-21-3-1-2-20(15-21)23-9-8-22(16-27-23)28-24(29)14-17-4-6-18(7-5-17)19-10-12-26-13-11-19/h1-13,15-16H,14H2,(H,28,29). The number of carbonyl (C=O) groups is 1. The van der Waals surface area contributed by atoms with Crippen LogP contribution in [0.1, 0.15) is 5.56 Å². The molecule has 1 N–H and O–H groups in total. The average molecular weight is 383 g/mol. The molecule has 0 saturated carbocycles. The molecule has 0 bridgehead atoms. The van der Waals surface area contributed by atoms with Crippen LogP contribution < -0.4 is 5.32 Å². The predicted molar refractivity (Wildman–Crippen MR) is 112 cm³/mol. The number of nitrogens with one attached hydrogen (secondary N) is 1. The van der Waals surface area contributed by atoms with Crippen molar-refractivity contribution in [2.24, 2.45) is 0 Å². The summed E-state index contributed by atoms with van der Waals surface area (Å²) in [4.78, 5) is 20.7. The first kappa shape index (κ1) is 18.5. The fourth-order valence-corrected chi connectivity index (χ4v) is 3.04. The summed E-state index contributed by atoms with van der Waals surface area (Å²) in [7, 11) is 0. The minimum absolute atomic E-state index is 0.123. The lowest BCUT2D eigenvalue weighted by Crippen LogP contribution is -2.14. The Morgan fingerprint density at radius 1 is 0.862 bits per heavy atom. The predicted octanol–water partition coefficient (Wildman–Crippen LogP) is 5.13. The maximum Gasteiger partial charge on any atom is 0.228 e. The minimum atomic E-state index is -0.309. The molecule has 2 heterocycles. The molecule has 0 aliphatic carbocycles. The Hall–Kier alpha value is -3.86. The third-order valence-electron chi connectivity index (χ3n) is 4.50. The molecule has 0 spiro atoms. The number of amides is 1. The largest absolute Gasteiger partial charge is 0.324 e. The number of aromatic nitrogens is 2. The van der Waals surface area contributed by atoms with Crippen LogP contribution in [0.25, 0.3) is 22.4 Å². The highest BCUT2D eigenvalue weighted by molar-refractivity contribution is 5.92. The van der Waals surface area contributed by atoms with Gasteiger partial charge < -0.3 is 5.32 Å². The van der Waals surface area contributed by atoms with E-state index >= 15 is 0 Å². The number of carbonyl (C=O) groups excluding carboxylic acids is 1. The van der Waals surface area contributed by atoms with Gasteiger partial charge in [-0.15, -0.1) is 0 Å². The molecule has 0 radical (unpaired) electrons. The third kappa shape index (κ3) is 4.71. The molecule has 1 amide bonds. The molecule has 5 heteroatoms. The van der Waals surface area contributed by atoms with E-state index in [0.717, 1.165) is 16.7 Å². The van der Waals surface area contributed by atoms with E-state index < -0.39 is 0 Å². The third-order valence-corrected chi connectivity index (χ3v) is 4.50. The lowest BCUT2D eigenvalue weighted by atomic mass is 10.0. The molecule has 0 atom stereocenters. The van der Waals surface area contributed by atoms with Crippen LogP contribution in [0.2, 0.25) is 0 Å². The van der Waals surface area contributed by atoms with E-state index in [-0.39, 0.29) is 18.1 Å². The second kappa shape index (κ2) is 8.44. The molecule has 2 aromatic carbocycles. The number of hydrogen-bond acceptors (Lipinski definition) is 3. The number of anilines is 1. The van der Waals surface area contributed by atoms with E-state index in [1.54, 1.807) is 42.9 Å². The minimum Gasteiger partial charge on any atom is -0.324 e. The molecule has 142 valence electrons. The van der Waals surface area contributed by atoms with Crippen LogP contribution in [0.15, 0.2) is 91.4 Å². The number of nitrogens with zero attached hydrogens (tertiary/aromatic N) is 2. The highest BCUT2D eigenvalue weighted by Crippen LogP contribution is 2.21. The van der Waals surface area contributed by atoms with Crippen molar-refractivity contribution in [3.8, 4) is 22.4 Å². The molecule has 0 saturated heterocycles. The van der Waals surface area contributed by atoms with Gasteiger partial charge in [0.1, 0.15) is 5.82 Å². The zero-order valence-corrected chi connectivity index (χ0v) is 15.5. The summed E-state index contributed by atoms with van der Waals surface area (Å²) in [6, 6.07) is 21.5. The van der Waals surface area contributed by atoms with E-state index in [9.17, 15) is 9.18 Å². The van der Waals surface area contributed by atoms with Gasteiger partial charge in [0.2, 0.25) is 5.91 Å². The summed E-state index contributed by atoms with van der Waals surface area (Å²) < 4.78 is 13.3. The second-order valence-electron chi connectivity index (χ2n) is 6.60. The Morgan fingerprint density at radius 3 is 2.31 bits per heavy atom. The van der Waals surface area contributed by atoms with Crippen LogP contribution in [0.5, 0.6) is 0 Å². The summed E-state index contributed by atoms with van der Waals surface area (Å²) in [6.45, 7) is 0. The van der Waals surface area contributed by atoms with E-state index in [4.69, 9.17) is 0 Å². The Morgan fingerprint density at radius 2 is 1.62 bits per heavy atom. The Balaban J connectivity index is 1.38. The van der Waals surface area contributed by atoms with Crippen LogP contribution in [-0.4, -0.2) is 15.9 Å². The van der Waals surface area contributed by atoms with Crippen LogP contribution in [0.4, 0.5) is 10.1 Å². The first-order chi connectivity index (χ1) is 14.2. The maximum atomic E-state index is 13.3. The fourth-order valence-electron chi connectivity index (χ4n) is 3.04. The monoisotopic (exact) mass is 383 g/mol. The summed E-state index contributed by atoms with van der Waals surface area (Å²) >= 11 is 0. The number of hydrogen-bond donors (Lipinski definition) is 1. The Bertz CT molecular complexity index is 1110. The van der Waals surface area contributed by atoms with Crippen molar-refractivity contribution >= 4 is 11.6 Å². The summed E-state index contributed by atoms with van der Waals surface area (Å²) in [5.41, 5.74) is 5.02. The van der Waals surface area contributed by atoms with Crippen LogP contribution in [0, 0.1) is 5.82 Å². The van der Waals surface area contributed by atoms with Crippen molar-refractivity contribution in [2.75, 3.05) is 5.32 Å². The van der Waals surface area contributed by atoms with Gasteiger partial charge in [0.15, 0.2) is 0 Å². The number of rotatable bonds is 5. The van der Waals surface area contributed by atoms with Crippen LogP contribution >= 0.6 is 0 Å². The van der Waals surface area contributed by atoms with Gasteiger partial charge in [-0.1, -0.05) is 36.4 Å². The van der Waals surface area contributed by atoms with Gasteiger partial charge in [-0.05, 0) is 53.1 Å². The van der Waals surface area contributed by atoms with Crippen molar-refractivity contribution in [2.45, 2.75) is 6.42 Å². The molecule has 0 fully saturated rings. The second-order valence-corrected chi connectivity index (χ2v) is 6.60.